The van der Waals surface area contributed by atoms with Gasteiger partial charge in [0.1, 0.15) is 5.82 Å². The number of carbonyl (C=O) groups is 2. The Bertz CT molecular complexity index is 1030. The third-order valence-electron chi connectivity index (χ3n) is 3.67. The maximum atomic E-state index is 12.5. The standard InChI is InChI=1S/C20H13ClN4O2/c21-15-9-10-18(23-12-15)25-20(27)16-3-1-2-4-17(16)24-19(26)14-7-5-13(11-22)6-8-14/h1-10,12H,(H,24,26)(H,23,25,27). The van der Waals surface area contributed by atoms with Gasteiger partial charge in [0.15, 0.2) is 0 Å². The van der Waals surface area contributed by atoms with E-state index in [1.165, 1.54) is 6.20 Å². The van der Waals surface area contributed by atoms with Crippen molar-refractivity contribution in [3.8, 4) is 6.07 Å². The van der Waals surface area contributed by atoms with Crippen LogP contribution in [0.1, 0.15) is 26.3 Å². The quantitative estimate of drug-likeness (QED) is 0.716. The van der Waals surface area contributed by atoms with Crippen LogP contribution in [-0.2, 0) is 0 Å². The van der Waals surface area contributed by atoms with E-state index in [0.29, 0.717) is 27.7 Å². The van der Waals surface area contributed by atoms with Crippen LogP contribution in [-0.4, -0.2) is 16.8 Å². The number of rotatable bonds is 4. The number of nitrogens with zero attached hydrogens (tertiary/aromatic N) is 2. The number of anilines is 2. The molecule has 0 saturated heterocycles. The van der Waals surface area contributed by atoms with Crippen molar-refractivity contribution in [1.29, 1.82) is 5.26 Å². The molecule has 1 heterocycles. The largest absolute Gasteiger partial charge is 0.321 e. The van der Waals surface area contributed by atoms with Gasteiger partial charge in [0, 0.05) is 11.8 Å². The lowest BCUT2D eigenvalue weighted by Gasteiger charge is -2.11. The number of hydrogen-bond acceptors (Lipinski definition) is 4. The van der Waals surface area contributed by atoms with Crippen molar-refractivity contribution in [2.75, 3.05) is 10.6 Å². The van der Waals surface area contributed by atoms with E-state index in [1.807, 2.05) is 6.07 Å². The molecule has 0 atom stereocenters. The van der Waals surface area contributed by atoms with E-state index >= 15 is 0 Å². The van der Waals surface area contributed by atoms with Crippen molar-refractivity contribution in [2.45, 2.75) is 0 Å². The zero-order valence-corrected chi connectivity index (χ0v) is 14.7. The summed E-state index contributed by atoms with van der Waals surface area (Å²) in [5.41, 5.74) is 1.49. The van der Waals surface area contributed by atoms with Crippen LogP contribution in [0.2, 0.25) is 5.02 Å². The van der Waals surface area contributed by atoms with Crippen molar-refractivity contribution in [1.82, 2.24) is 4.98 Å². The van der Waals surface area contributed by atoms with Crippen molar-refractivity contribution in [3.63, 3.8) is 0 Å². The van der Waals surface area contributed by atoms with Crippen LogP contribution in [0.5, 0.6) is 0 Å². The molecule has 2 aromatic carbocycles. The third kappa shape index (κ3) is 4.48. The van der Waals surface area contributed by atoms with Crippen LogP contribution >= 0.6 is 11.6 Å². The molecule has 0 aliphatic rings. The molecule has 27 heavy (non-hydrogen) atoms. The average Bonchev–Trinajstić information content (AvgIpc) is 2.70. The summed E-state index contributed by atoms with van der Waals surface area (Å²) in [6, 6.07) is 18.0. The highest BCUT2D eigenvalue weighted by molar-refractivity contribution is 6.30. The summed E-state index contributed by atoms with van der Waals surface area (Å²) < 4.78 is 0. The fraction of sp³-hybridized carbons (Fsp3) is 0. The number of pyridine rings is 1. The zero-order chi connectivity index (χ0) is 19.2. The number of para-hydroxylation sites is 1. The lowest BCUT2D eigenvalue weighted by atomic mass is 10.1. The van der Waals surface area contributed by atoms with Gasteiger partial charge >= 0.3 is 0 Å². The van der Waals surface area contributed by atoms with Crippen molar-refractivity contribution < 1.29 is 9.59 Å². The Balaban J connectivity index is 1.78. The number of aromatic nitrogens is 1. The van der Waals surface area contributed by atoms with E-state index in [9.17, 15) is 9.59 Å². The van der Waals surface area contributed by atoms with Gasteiger partial charge in [-0.05, 0) is 48.5 Å². The fourth-order valence-corrected chi connectivity index (χ4v) is 2.43. The van der Waals surface area contributed by atoms with Crippen LogP contribution in [0.3, 0.4) is 0 Å². The molecule has 132 valence electrons. The predicted octanol–water partition coefficient (Wildman–Crippen LogP) is 4.11. The number of nitriles is 1. The Kier molecular flexibility index (Phi) is 5.45. The summed E-state index contributed by atoms with van der Waals surface area (Å²) >= 11 is 5.78. The number of nitrogens with one attached hydrogen (secondary N) is 2. The molecule has 0 radical (unpaired) electrons. The monoisotopic (exact) mass is 376 g/mol. The zero-order valence-electron chi connectivity index (χ0n) is 13.9. The first-order valence-corrected chi connectivity index (χ1v) is 8.28. The minimum absolute atomic E-state index is 0.288. The van der Waals surface area contributed by atoms with Gasteiger partial charge in [0.05, 0.1) is 27.9 Å². The molecule has 0 aliphatic heterocycles. The first kappa shape index (κ1) is 18.1. The van der Waals surface area contributed by atoms with Gasteiger partial charge in [0.25, 0.3) is 11.8 Å². The third-order valence-corrected chi connectivity index (χ3v) is 3.89. The van der Waals surface area contributed by atoms with Crippen LogP contribution in [0.15, 0.2) is 66.9 Å². The summed E-state index contributed by atoms with van der Waals surface area (Å²) in [6.45, 7) is 0. The minimum atomic E-state index is -0.416. The molecule has 3 aromatic rings. The van der Waals surface area contributed by atoms with Gasteiger partial charge in [-0.25, -0.2) is 4.98 Å². The molecule has 0 spiro atoms. The minimum Gasteiger partial charge on any atom is -0.321 e. The lowest BCUT2D eigenvalue weighted by Crippen LogP contribution is -2.18. The van der Waals surface area contributed by atoms with Gasteiger partial charge in [0.2, 0.25) is 0 Å². The molecule has 0 saturated carbocycles. The van der Waals surface area contributed by atoms with Crippen LogP contribution in [0.25, 0.3) is 0 Å². The SMILES string of the molecule is N#Cc1ccc(C(=O)Nc2ccccc2C(=O)Nc2ccc(Cl)cn2)cc1. The van der Waals surface area contributed by atoms with Gasteiger partial charge in [-0.3, -0.25) is 9.59 Å². The van der Waals surface area contributed by atoms with E-state index < -0.39 is 5.91 Å². The molecule has 1 aromatic heterocycles. The van der Waals surface area contributed by atoms with E-state index in [4.69, 9.17) is 16.9 Å². The van der Waals surface area contributed by atoms with Crippen LogP contribution < -0.4 is 10.6 Å². The Hall–Kier alpha value is -3.69. The molecule has 3 rings (SSSR count). The first-order chi connectivity index (χ1) is 13.1. The number of hydrogen-bond donors (Lipinski definition) is 2. The molecule has 6 nitrogen and oxygen atoms in total. The number of halogens is 1. The maximum Gasteiger partial charge on any atom is 0.258 e. The Labute approximate surface area is 160 Å². The molecule has 7 heteroatoms. The number of carbonyl (C=O) groups excluding carboxylic acids is 2. The van der Waals surface area contributed by atoms with E-state index in [1.54, 1.807) is 60.7 Å². The second-order valence-corrected chi connectivity index (χ2v) is 5.94. The highest BCUT2D eigenvalue weighted by Crippen LogP contribution is 2.18. The summed E-state index contributed by atoms with van der Waals surface area (Å²) in [6.07, 6.45) is 1.43. The normalized spacial score (nSPS) is 9.93. The molecule has 0 unspecified atom stereocenters. The van der Waals surface area contributed by atoms with Crippen molar-refractivity contribution >= 4 is 34.9 Å². The van der Waals surface area contributed by atoms with E-state index in [2.05, 4.69) is 15.6 Å². The molecule has 2 amide bonds. The summed E-state index contributed by atoms with van der Waals surface area (Å²) in [5.74, 6) is -0.456. The highest BCUT2D eigenvalue weighted by atomic mass is 35.5. The predicted molar refractivity (Wildman–Crippen MR) is 103 cm³/mol. The second kappa shape index (κ2) is 8.13. The average molecular weight is 377 g/mol. The van der Waals surface area contributed by atoms with Gasteiger partial charge in [-0.15, -0.1) is 0 Å². The molecule has 0 fully saturated rings. The maximum absolute atomic E-state index is 12.5. The van der Waals surface area contributed by atoms with Gasteiger partial charge < -0.3 is 10.6 Å². The number of benzene rings is 2. The number of amides is 2. The molecular weight excluding hydrogens is 364 g/mol. The Morgan fingerprint density at radius 3 is 2.33 bits per heavy atom. The molecule has 0 aliphatic carbocycles. The second-order valence-electron chi connectivity index (χ2n) is 5.50. The smallest absolute Gasteiger partial charge is 0.258 e. The topological polar surface area (TPSA) is 94.9 Å². The highest BCUT2D eigenvalue weighted by Gasteiger charge is 2.14. The van der Waals surface area contributed by atoms with E-state index in [-0.39, 0.29) is 11.5 Å². The summed E-state index contributed by atoms with van der Waals surface area (Å²) in [7, 11) is 0. The van der Waals surface area contributed by atoms with Crippen LogP contribution in [0.4, 0.5) is 11.5 Å². The fourth-order valence-electron chi connectivity index (χ4n) is 2.31. The lowest BCUT2D eigenvalue weighted by molar-refractivity contribution is 0.102. The Morgan fingerprint density at radius 1 is 0.926 bits per heavy atom. The van der Waals surface area contributed by atoms with Crippen molar-refractivity contribution in [2.24, 2.45) is 0 Å². The molecule has 0 bridgehead atoms. The summed E-state index contributed by atoms with van der Waals surface area (Å²) in [4.78, 5) is 29.0. The van der Waals surface area contributed by atoms with E-state index in [0.717, 1.165) is 0 Å². The molecular formula is C20H13ClN4O2. The summed E-state index contributed by atoms with van der Waals surface area (Å²) in [5, 5.41) is 14.7. The first-order valence-electron chi connectivity index (χ1n) is 7.90. The Morgan fingerprint density at radius 2 is 1.67 bits per heavy atom. The van der Waals surface area contributed by atoms with Gasteiger partial charge in [-0.1, -0.05) is 23.7 Å². The van der Waals surface area contributed by atoms with Crippen molar-refractivity contribution in [3.05, 3.63) is 88.6 Å². The van der Waals surface area contributed by atoms with Gasteiger partial charge in [-0.2, -0.15) is 5.26 Å². The molecule has 2 N–H and O–H groups in total. The van der Waals surface area contributed by atoms with Crippen LogP contribution in [0, 0.1) is 11.3 Å².